The number of nitrogens with one attached hydrogen (secondary N) is 1. The van der Waals surface area contributed by atoms with E-state index in [1.165, 1.54) is 24.3 Å². The maximum absolute atomic E-state index is 12.8. The molecule has 0 bridgehead atoms. The van der Waals surface area contributed by atoms with Crippen LogP contribution in [-0.2, 0) is 6.42 Å². The van der Waals surface area contributed by atoms with Gasteiger partial charge in [-0.1, -0.05) is 13.3 Å². The number of thiocarbonyl (C=S) groups is 1. The van der Waals surface area contributed by atoms with E-state index < -0.39 is 5.56 Å². The molecule has 0 atom stereocenters. The first kappa shape index (κ1) is 15.0. The number of aryl methyl sites for hydroxylation is 1. The zero-order valence-electron chi connectivity index (χ0n) is 11.3. The second-order valence-electron chi connectivity index (χ2n) is 4.34. The lowest BCUT2D eigenvalue weighted by molar-refractivity contribution is 0.628. The summed E-state index contributed by atoms with van der Waals surface area (Å²) in [6.07, 6.45) is 1.43. The summed E-state index contributed by atoms with van der Waals surface area (Å²) < 4.78 is 13.9. The van der Waals surface area contributed by atoms with Gasteiger partial charge in [0.05, 0.1) is 11.4 Å². The molecule has 2 rings (SSSR count). The molecule has 0 aliphatic heterocycles. The van der Waals surface area contributed by atoms with Crippen LogP contribution in [0.4, 0.5) is 15.8 Å². The molecule has 0 saturated heterocycles. The van der Waals surface area contributed by atoms with Crippen LogP contribution in [0.3, 0.4) is 0 Å². The second kappa shape index (κ2) is 6.40. The van der Waals surface area contributed by atoms with Gasteiger partial charge in [-0.2, -0.15) is 9.80 Å². The summed E-state index contributed by atoms with van der Waals surface area (Å²) in [6, 6.07) is 5.48. The standard InChI is InChI=1S/C13H14FN5OS/c1-2-3-10-11(12(20)19(18-10)13(15)21)17-16-9-6-4-8(14)5-7-9/h4-7,18H,2-3H2,1H3,(H2,15,21). The van der Waals surface area contributed by atoms with E-state index in [1.807, 2.05) is 6.92 Å². The van der Waals surface area contributed by atoms with Gasteiger partial charge in [-0.15, -0.1) is 5.11 Å². The molecule has 21 heavy (non-hydrogen) atoms. The number of aromatic nitrogens is 2. The summed E-state index contributed by atoms with van der Waals surface area (Å²) >= 11 is 4.79. The fourth-order valence-corrected chi connectivity index (χ4v) is 1.90. The van der Waals surface area contributed by atoms with Crippen LogP contribution in [0.5, 0.6) is 0 Å². The van der Waals surface area contributed by atoms with Crippen LogP contribution in [0.2, 0.25) is 0 Å². The Balaban J connectivity index is 2.40. The van der Waals surface area contributed by atoms with E-state index in [0.717, 1.165) is 11.1 Å². The molecule has 0 amide bonds. The van der Waals surface area contributed by atoms with Crippen molar-refractivity contribution in [2.24, 2.45) is 16.0 Å². The number of nitrogens with zero attached hydrogens (tertiary/aromatic N) is 3. The molecule has 0 saturated carbocycles. The second-order valence-corrected chi connectivity index (χ2v) is 4.76. The van der Waals surface area contributed by atoms with Crippen molar-refractivity contribution in [1.29, 1.82) is 0 Å². The highest BCUT2D eigenvalue weighted by Gasteiger charge is 2.14. The van der Waals surface area contributed by atoms with Gasteiger partial charge in [0.15, 0.2) is 10.8 Å². The van der Waals surface area contributed by atoms with Crippen LogP contribution in [0.25, 0.3) is 0 Å². The number of aromatic amines is 1. The highest BCUT2D eigenvalue weighted by molar-refractivity contribution is 7.80. The fourth-order valence-electron chi connectivity index (χ4n) is 1.77. The molecule has 0 radical (unpaired) electrons. The van der Waals surface area contributed by atoms with Gasteiger partial charge in [0.25, 0.3) is 0 Å². The number of azo groups is 1. The van der Waals surface area contributed by atoms with Gasteiger partial charge in [-0.3, -0.25) is 9.89 Å². The lowest BCUT2D eigenvalue weighted by Gasteiger charge is -1.96. The average Bonchev–Trinajstić information content (AvgIpc) is 2.76. The van der Waals surface area contributed by atoms with Crippen LogP contribution >= 0.6 is 12.2 Å². The van der Waals surface area contributed by atoms with Gasteiger partial charge < -0.3 is 5.73 Å². The van der Waals surface area contributed by atoms with Gasteiger partial charge in [-0.25, -0.2) is 4.39 Å². The third-order valence-electron chi connectivity index (χ3n) is 2.75. The minimum atomic E-state index is -0.447. The van der Waals surface area contributed by atoms with E-state index in [9.17, 15) is 9.18 Å². The van der Waals surface area contributed by atoms with Crippen LogP contribution in [0, 0.1) is 5.82 Å². The Bertz CT molecular complexity index is 732. The van der Waals surface area contributed by atoms with E-state index in [0.29, 0.717) is 17.8 Å². The van der Waals surface area contributed by atoms with Crippen molar-refractivity contribution in [3.05, 3.63) is 46.1 Å². The molecule has 3 N–H and O–H groups in total. The van der Waals surface area contributed by atoms with Crippen molar-refractivity contribution < 1.29 is 4.39 Å². The van der Waals surface area contributed by atoms with Crippen LogP contribution in [-0.4, -0.2) is 14.9 Å². The highest BCUT2D eigenvalue weighted by Crippen LogP contribution is 2.19. The predicted molar refractivity (Wildman–Crippen MR) is 81.8 cm³/mol. The van der Waals surface area contributed by atoms with Crippen molar-refractivity contribution in [2.75, 3.05) is 0 Å². The highest BCUT2D eigenvalue weighted by atomic mass is 32.1. The van der Waals surface area contributed by atoms with Crippen LogP contribution in [0.15, 0.2) is 39.3 Å². The molecule has 0 spiro atoms. The van der Waals surface area contributed by atoms with E-state index in [4.69, 9.17) is 18.0 Å². The Kier molecular flexibility index (Phi) is 4.59. The average molecular weight is 307 g/mol. The first-order valence-corrected chi connectivity index (χ1v) is 6.74. The fraction of sp³-hybridized carbons (Fsp3) is 0.231. The first-order valence-electron chi connectivity index (χ1n) is 6.34. The molecule has 0 fully saturated rings. The van der Waals surface area contributed by atoms with Crippen LogP contribution in [0.1, 0.15) is 19.0 Å². The quantitative estimate of drug-likeness (QED) is 0.672. The summed E-state index contributed by atoms with van der Waals surface area (Å²) in [5, 5.41) is 10.6. The first-order chi connectivity index (χ1) is 10.0. The molecule has 2 aromatic rings. The monoisotopic (exact) mass is 307 g/mol. The Hall–Kier alpha value is -2.35. The van der Waals surface area contributed by atoms with Crippen molar-refractivity contribution in [1.82, 2.24) is 9.78 Å². The maximum Gasteiger partial charge on any atom is 0.301 e. The van der Waals surface area contributed by atoms with E-state index in [-0.39, 0.29) is 16.6 Å². The van der Waals surface area contributed by atoms with E-state index >= 15 is 0 Å². The number of rotatable bonds is 4. The predicted octanol–water partition coefficient (Wildman–Crippen LogP) is 2.78. The number of benzene rings is 1. The summed E-state index contributed by atoms with van der Waals surface area (Å²) in [7, 11) is 0. The van der Waals surface area contributed by atoms with Gasteiger partial charge >= 0.3 is 5.56 Å². The Morgan fingerprint density at radius 3 is 2.62 bits per heavy atom. The summed E-state index contributed by atoms with van der Waals surface area (Å²) in [5.41, 5.74) is 6.24. The Morgan fingerprint density at radius 1 is 1.38 bits per heavy atom. The van der Waals surface area contributed by atoms with Gasteiger partial charge in [0.1, 0.15) is 5.82 Å². The molecule has 1 heterocycles. The third-order valence-corrected chi connectivity index (χ3v) is 2.93. The molecular weight excluding hydrogens is 293 g/mol. The van der Waals surface area contributed by atoms with Gasteiger partial charge in [-0.05, 0) is 42.9 Å². The third kappa shape index (κ3) is 3.40. The Morgan fingerprint density at radius 2 is 2.05 bits per heavy atom. The molecule has 1 aromatic heterocycles. The largest absolute Gasteiger partial charge is 0.374 e. The molecule has 1 aromatic carbocycles. The molecule has 0 aliphatic carbocycles. The van der Waals surface area contributed by atoms with E-state index in [1.54, 1.807) is 0 Å². The topological polar surface area (TPSA) is 88.5 Å². The number of H-pyrrole nitrogens is 1. The number of hydrogen-bond donors (Lipinski definition) is 2. The van der Waals surface area contributed by atoms with E-state index in [2.05, 4.69) is 15.3 Å². The number of hydrogen-bond acceptors (Lipinski definition) is 4. The Labute approximate surface area is 125 Å². The van der Waals surface area contributed by atoms with Gasteiger partial charge in [0, 0.05) is 0 Å². The smallest absolute Gasteiger partial charge is 0.301 e. The number of halogens is 1. The molecule has 8 heteroatoms. The normalized spacial score (nSPS) is 11.1. The summed E-state index contributed by atoms with van der Waals surface area (Å²) in [6.45, 7) is 1.97. The van der Waals surface area contributed by atoms with Crippen molar-refractivity contribution in [3.8, 4) is 0 Å². The lowest BCUT2D eigenvalue weighted by atomic mass is 10.2. The lowest BCUT2D eigenvalue weighted by Crippen LogP contribution is -2.29. The SMILES string of the molecule is CCCc1[nH]n(C(N)=S)c(=O)c1N=Nc1ccc(F)cc1. The molecule has 0 aliphatic rings. The molecule has 6 nitrogen and oxygen atoms in total. The summed E-state index contributed by atoms with van der Waals surface area (Å²) in [5.74, 6) is -0.363. The van der Waals surface area contributed by atoms with Crippen LogP contribution < -0.4 is 11.3 Å². The zero-order chi connectivity index (χ0) is 15.4. The zero-order valence-corrected chi connectivity index (χ0v) is 12.2. The van der Waals surface area contributed by atoms with Crippen molar-refractivity contribution in [2.45, 2.75) is 19.8 Å². The number of nitrogens with two attached hydrogens (primary N) is 1. The molecule has 110 valence electrons. The van der Waals surface area contributed by atoms with Crippen molar-refractivity contribution in [3.63, 3.8) is 0 Å². The molecule has 0 unspecified atom stereocenters. The summed E-state index contributed by atoms with van der Waals surface area (Å²) in [4.78, 5) is 12.1. The van der Waals surface area contributed by atoms with Crippen molar-refractivity contribution >= 4 is 28.7 Å². The minimum absolute atomic E-state index is 0.0828. The molecular formula is C13H14FN5OS. The van der Waals surface area contributed by atoms with Gasteiger partial charge in [0.2, 0.25) is 0 Å². The minimum Gasteiger partial charge on any atom is -0.374 e. The maximum atomic E-state index is 12.8.